The maximum absolute atomic E-state index is 9.47. The molecule has 2 rings (SSSR count). The van der Waals surface area contributed by atoms with E-state index in [9.17, 15) is 10.2 Å². The molecule has 0 spiro atoms. The molecule has 0 amide bonds. The summed E-state index contributed by atoms with van der Waals surface area (Å²) in [6.45, 7) is 0. The zero-order valence-electron chi connectivity index (χ0n) is 10.3. The van der Waals surface area contributed by atoms with Crippen LogP contribution in [0, 0.1) is 0 Å². The van der Waals surface area contributed by atoms with Gasteiger partial charge in [-0.2, -0.15) is 0 Å². The van der Waals surface area contributed by atoms with Crippen LogP contribution in [0.1, 0.15) is 0 Å². The van der Waals surface area contributed by atoms with Gasteiger partial charge >= 0.3 is 0 Å². The molecule has 92 valence electrons. The summed E-state index contributed by atoms with van der Waals surface area (Å²) in [5.74, 6) is 0.231. The molecule has 0 fully saturated rings. The molecule has 0 heterocycles. The van der Waals surface area contributed by atoms with E-state index in [1.54, 1.807) is 48.5 Å². The molecule has 5 heteroatoms. The van der Waals surface area contributed by atoms with Crippen LogP contribution in [0.15, 0.2) is 58.5 Å². The van der Waals surface area contributed by atoms with E-state index in [1.807, 2.05) is 0 Å². The molecule has 0 aliphatic rings. The average Bonchev–Trinajstić information content (AvgIpc) is 2.38. The van der Waals surface area contributed by atoms with Gasteiger partial charge in [0.05, 0.1) is 0 Å². The number of phenols is 2. The minimum Gasteiger partial charge on any atom is -0.506 e. The largest absolute Gasteiger partial charge is 0.506 e. The molecule has 0 aromatic heterocycles. The number of hydrogen-bond donors (Lipinski definition) is 2. The predicted molar refractivity (Wildman–Crippen MR) is 72.5 cm³/mol. The Morgan fingerprint density at radius 2 is 1.05 bits per heavy atom. The Morgan fingerprint density at radius 1 is 0.684 bits per heavy atom. The maximum Gasteiger partial charge on any atom is 0.141 e. The average molecular weight is 306 g/mol. The van der Waals surface area contributed by atoms with Gasteiger partial charge in [-0.1, -0.05) is 24.3 Å². The number of nitrogens with zero attached hydrogens (tertiary/aromatic N) is 2. The zero-order chi connectivity index (χ0) is 12.8. The summed E-state index contributed by atoms with van der Waals surface area (Å²) in [5, 5.41) is 18.9. The van der Waals surface area contributed by atoms with E-state index in [2.05, 4.69) is 9.98 Å². The fourth-order valence-corrected chi connectivity index (χ4v) is 1.37. The molecule has 4 nitrogen and oxygen atoms in total. The quantitative estimate of drug-likeness (QED) is 0.675. The van der Waals surface area contributed by atoms with Crippen LogP contribution in [0.4, 0.5) is 11.4 Å². The van der Waals surface area contributed by atoms with Gasteiger partial charge in [0.15, 0.2) is 0 Å². The van der Waals surface area contributed by atoms with Crippen molar-refractivity contribution in [3.63, 3.8) is 0 Å². The summed E-state index contributed by atoms with van der Waals surface area (Å²) in [6, 6.07) is 13.5. The molecular formula is C14H12N2O2Zn. The monoisotopic (exact) mass is 304 g/mol. The first-order valence-corrected chi connectivity index (χ1v) is 5.40. The van der Waals surface area contributed by atoms with E-state index in [4.69, 9.17) is 0 Å². The number of aliphatic imine (C=N–C) groups is 2. The van der Waals surface area contributed by atoms with Gasteiger partial charge in [-0.25, -0.2) is 0 Å². The summed E-state index contributed by atoms with van der Waals surface area (Å²) >= 11 is 0. The van der Waals surface area contributed by atoms with Crippen LogP contribution in [-0.4, -0.2) is 22.6 Å². The first-order valence-electron chi connectivity index (χ1n) is 5.40. The third kappa shape index (κ3) is 4.30. The molecule has 0 radical (unpaired) electrons. The fourth-order valence-electron chi connectivity index (χ4n) is 1.37. The minimum atomic E-state index is 0. The second kappa shape index (κ2) is 7.44. The second-order valence-electron chi connectivity index (χ2n) is 3.53. The number of rotatable bonds is 3. The van der Waals surface area contributed by atoms with Crippen molar-refractivity contribution < 1.29 is 29.7 Å². The Balaban J connectivity index is 0.00000180. The number of para-hydroxylation sites is 4. The van der Waals surface area contributed by atoms with E-state index >= 15 is 0 Å². The van der Waals surface area contributed by atoms with Gasteiger partial charge in [0, 0.05) is 31.9 Å². The molecular weight excluding hydrogens is 294 g/mol. The van der Waals surface area contributed by atoms with Crippen LogP contribution < -0.4 is 0 Å². The van der Waals surface area contributed by atoms with Gasteiger partial charge in [-0.15, -0.1) is 0 Å². The van der Waals surface area contributed by atoms with E-state index in [0.717, 1.165) is 0 Å². The summed E-state index contributed by atoms with van der Waals surface area (Å²) in [6.07, 6.45) is 2.92. The van der Waals surface area contributed by atoms with E-state index in [1.165, 1.54) is 12.4 Å². The second-order valence-corrected chi connectivity index (χ2v) is 3.53. The van der Waals surface area contributed by atoms with Crippen molar-refractivity contribution >= 4 is 23.8 Å². The number of phenolic OH excluding ortho intramolecular Hbond substituents is 2. The number of aromatic hydroxyl groups is 2. The van der Waals surface area contributed by atoms with Crippen molar-refractivity contribution in [2.75, 3.05) is 0 Å². The minimum absolute atomic E-state index is 0. The van der Waals surface area contributed by atoms with Crippen LogP contribution in [0.5, 0.6) is 11.5 Å². The molecule has 0 saturated carbocycles. The Labute approximate surface area is 123 Å². The fraction of sp³-hybridized carbons (Fsp3) is 0. The zero-order valence-corrected chi connectivity index (χ0v) is 13.2. The Hall–Kier alpha value is -2.00. The molecule has 0 atom stereocenters. The normalized spacial score (nSPS) is 10.7. The van der Waals surface area contributed by atoms with Crippen LogP contribution in [0.25, 0.3) is 0 Å². The SMILES string of the molecule is Oc1ccccc1N=CC=Nc1ccccc1O.[Zn]. The predicted octanol–water partition coefficient (Wildman–Crippen LogP) is 3.20. The summed E-state index contributed by atoms with van der Waals surface area (Å²) in [7, 11) is 0. The van der Waals surface area contributed by atoms with Gasteiger partial charge < -0.3 is 10.2 Å². The van der Waals surface area contributed by atoms with Gasteiger partial charge in [-0.3, -0.25) is 9.98 Å². The number of hydrogen-bond acceptors (Lipinski definition) is 4. The third-order valence-corrected chi connectivity index (χ3v) is 2.26. The van der Waals surface area contributed by atoms with Crippen molar-refractivity contribution in [1.29, 1.82) is 0 Å². The summed E-state index contributed by atoms with van der Waals surface area (Å²) < 4.78 is 0. The molecule has 2 aromatic carbocycles. The first-order chi connectivity index (χ1) is 8.77. The Morgan fingerprint density at radius 3 is 1.42 bits per heavy atom. The smallest absolute Gasteiger partial charge is 0.141 e. The molecule has 0 unspecified atom stereocenters. The van der Waals surface area contributed by atoms with E-state index in [-0.39, 0.29) is 31.0 Å². The molecule has 0 bridgehead atoms. The maximum atomic E-state index is 9.47. The molecule has 2 aromatic rings. The van der Waals surface area contributed by atoms with Gasteiger partial charge in [0.1, 0.15) is 22.9 Å². The van der Waals surface area contributed by atoms with Crippen molar-refractivity contribution in [1.82, 2.24) is 0 Å². The van der Waals surface area contributed by atoms with Gasteiger partial charge in [0.25, 0.3) is 0 Å². The van der Waals surface area contributed by atoms with Crippen LogP contribution in [-0.2, 0) is 19.5 Å². The molecule has 0 aliphatic heterocycles. The van der Waals surface area contributed by atoms with Crippen molar-refractivity contribution in [3.8, 4) is 11.5 Å². The van der Waals surface area contributed by atoms with Crippen LogP contribution in [0.2, 0.25) is 0 Å². The first kappa shape index (κ1) is 15.1. The topological polar surface area (TPSA) is 65.2 Å². The van der Waals surface area contributed by atoms with Crippen LogP contribution in [0.3, 0.4) is 0 Å². The Kier molecular flexibility index (Phi) is 5.90. The molecule has 19 heavy (non-hydrogen) atoms. The molecule has 2 N–H and O–H groups in total. The van der Waals surface area contributed by atoms with Crippen molar-refractivity contribution in [2.24, 2.45) is 9.98 Å². The van der Waals surface area contributed by atoms with E-state index in [0.29, 0.717) is 11.4 Å². The van der Waals surface area contributed by atoms with E-state index < -0.39 is 0 Å². The summed E-state index contributed by atoms with van der Waals surface area (Å²) in [5.41, 5.74) is 0.947. The van der Waals surface area contributed by atoms with Gasteiger partial charge in [-0.05, 0) is 24.3 Å². The Bertz CT molecular complexity index is 544. The number of benzene rings is 2. The standard InChI is InChI=1S/C14H12N2O2.Zn/c17-13-7-3-1-5-11(13)15-9-10-16-12-6-2-4-8-14(12)18;/h1-10,17-18H;. The van der Waals surface area contributed by atoms with Crippen LogP contribution >= 0.6 is 0 Å². The molecule has 0 aliphatic carbocycles. The molecule has 0 saturated heterocycles. The third-order valence-electron chi connectivity index (χ3n) is 2.26. The van der Waals surface area contributed by atoms with Gasteiger partial charge in [0.2, 0.25) is 0 Å². The summed E-state index contributed by atoms with van der Waals surface area (Å²) in [4.78, 5) is 8.09. The van der Waals surface area contributed by atoms with Crippen molar-refractivity contribution in [2.45, 2.75) is 0 Å². The van der Waals surface area contributed by atoms with Crippen molar-refractivity contribution in [3.05, 3.63) is 48.5 Å².